The molecule has 7 nitrogen and oxygen atoms in total. The number of nitrogens with zero attached hydrogens (tertiary/aromatic N) is 3. The molecule has 0 bridgehead atoms. The molecule has 1 unspecified atom stereocenters. The number of aromatic nitrogens is 2. The second-order valence-corrected chi connectivity index (χ2v) is 7.38. The van der Waals surface area contributed by atoms with Crippen molar-refractivity contribution in [2.45, 2.75) is 32.3 Å². The highest BCUT2D eigenvalue weighted by atomic mass is 16.5. The molecule has 1 aliphatic rings. The molecule has 0 aliphatic carbocycles. The Kier molecular flexibility index (Phi) is 5.97. The first-order valence-corrected chi connectivity index (χ1v) is 10.1. The summed E-state index contributed by atoms with van der Waals surface area (Å²) in [5.74, 6) is 2.86. The highest BCUT2D eigenvalue weighted by Gasteiger charge is 2.27. The van der Waals surface area contributed by atoms with Gasteiger partial charge in [0.25, 0.3) is 0 Å². The minimum Gasteiger partial charge on any atom is -0.497 e. The van der Waals surface area contributed by atoms with Crippen LogP contribution in [0.5, 0.6) is 11.5 Å². The highest BCUT2D eigenvalue weighted by molar-refractivity contribution is 5.76. The lowest BCUT2D eigenvalue weighted by Crippen LogP contribution is -2.31. The van der Waals surface area contributed by atoms with Crippen molar-refractivity contribution >= 4 is 5.91 Å². The maximum Gasteiger partial charge on any atom is 0.223 e. The maximum absolute atomic E-state index is 12.6. The second-order valence-electron chi connectivity index (χ2n) is 7.38. The highest BCUT2D eigenvalue weighted by Crippen LogP contribution is 2.23. The Hall–Kier alpha value is -3.35. The van der Waals surface area contributed by atoms with E-state index in [4.69, 9.17) is 14.0 Å². The molecule has 1 saturated heterocycles. The van der Waals surface area contributed by atoms with Gasteiger partial charge in [-0.05, 0) is 48.4 Å². The quantitative estimate of drug-likeness (QED) is 0.595. The molecular weight excluding hydrogens is 382 g/mol. The van der Waals surface area contributed by atoms with Gasteiger partial charge < -0.3 is 18.9 Å². The summed E-state index contributed by atoms with van der Waals surface area (Å²) in [4.78, 5) is 18.7. The van der Waals surface area contributed by atoms with Gasteiger partial charge in [-0.15, -0.1) is 0 Å². The number of methoxy groups -OCH3 is 1. The van der Waals surface area contributed by atoms with Gasteiger partial charge in [0.1, 0.15) is 17.6 Å². The Morgan fingerprint density at radius 3 is 2.53 bits per heavy atom. The summed E-state index contributed by atoms with van der Waals surface area (Å²) in [6.07, 6.45) is 2.06. The molecule has 0 radical (unpaired) electrons. The van der Waals surface area contributed by atoms with Gasteiger partial charge in [-0.25, -0.2) is 0 Å². The number of rotatable bonds is 7. The number of carbonyl (C=O) groups excluding carboxylic acids is 1. The Labute approximate surface area is 175 Å². The molecule has 1 atom stereocenters. The zero-order valence-corrected chi connectivity index (χ0v) is 17.2. The topological polar surface area (TPSA) is 77.7 Å². The largest absolute Gasteiger partial charge is 0.497 e. The van der Waals surface area contributed by atoms with E-state index in [0.717, 1.165) is 42.0 Å². The van der Waals surface area contributed by atoms with Crippen molar-refractivity contribution in [2.24, 2.45) is 0 Å². The molecule has 2 aromatic carbocycles. The van der Waals surface area contributed by atoms with Crippen LogP contribution in [-0.2, 0) is 11.2 Å². The minimum absolute atomic E-state index is 0.00760. The number of hydrogen-bond donors (Lipinski definition) is 0. The lowest BCUT2D eigenvalue weighted by atomic mass is 10.1. The molecule has 30 heavy (non-hydrogen) atoms. The molecule has 0 N–H and O–H groups in total. The van der Waals surface area contributed by atoms with Crippen LogP contribution in [0.4, 0.5) is 0 Å². The summed E-state index contributed by atoms with van der Waals surface area (Å²) in [5, 5.41) is 3.92. The molecule has 1 aliphatic heterocycles. The van der Waals surface area contributed by atoms with Crippen molar-refractivity contribution < 1.29 is 18.8 Å². The van der Waals surface area contributed by atoms with Gasteiger partial charge in [0, 0.05) is 31.9 Å². The lowest BCUT2D eigenvalue weighted by molar-refractivity contribution is -0.130. The van der Waals surface area contributed by atoms with E-state index in [0.29, 0.717) is 24.7 Å². The van der Waals surface area contributed by atoms with E-state index >= 15 is 0 Å². The number of likely N-dealkylation sites (tertiary alicyclic amines) is 1. The van der Waals surface area contributed by atoms with E-state index in [-0.39, 0.29) is 12.0 Å². The molecule has 1 aromatic heterocycles. The number of benzene rings is 2. The molecule has 4 rings (SSSR count). The average molecular weight is 407 g/mol. The number of ether oxygens (including phenoxy) is 2. The van der Waals surface area contributed by atoms with Crippen LogP contribution in [0, 0.1) is 6.92 Å². The van der Waals surface area contributed by atoms with Crippen molar-refractivity contribution in [3.05, 3.63) is 60.0 Å². The lowest BCUT2D eigenvalue weighted by Gasteiger charge is -2.17. The van der Waals surface area contributed by atoms with Crippen LogP contribution in [0.2, 0.25) is 0 Å². The first-order chi connectivity index (χ1) is 14.6. The van der Waals surface area contributed by atoms with Crippen molar-refractivity contribution in [1.82, 2.24) is 15.0 Å². The second kappa shape index (κ2) is 8.98. The predicted octanol–water partition coefficient (Wildman–Crippen LogP) is 3.67. The number of hydrogen-bond acceptors (Lipinski definition) is 6. The Balaban J connectivity index is 1.26. The number of amides is 1. The van der Waals surface area contributed by atoms with Gasteiger partial charge in [-0.1, -0.05) is 17.3 Å². The van der Waals surface area contributed by atoms with Crippen LogP contribution < -0.4 is 9.47 Å². The Morgan fingerprint density at radius 1 is 1.13 bits per heavy atom. The molecule has 3 aromatic rings. The molecule has 7 heteroatoms. The van der Waals surface area contributed by atoms with Gasteiger partial charge >= 0.3 is 0 Å². The zero-order chi connectivity index (χ0) is 20.9. The predicted molar refractivity (Wildman–Crippen MR) is 111 cm³/mol. The SMILES string of the molecule is COc1ccc(CCC(=O)N2CCC(Oc3ccc(-c4noc(C)n4)cc3)C2)cc1. The van der Waals surface area contributed by atoms with Crippen LogP contribution in [0.25, 0.3) is 11.4 Å². The van der Waals surface area contributed by atoms with Crippen molar-refractivity contribution in [1.29, 1.82) is 0 Å². The zero-order valence-electron chi connectivity index (χ0n) is 17.2. The van der Waals surface area contributed by atoms with Gasteiger partial charge in [-0.3, -0.25) is 4.79 Å². The molecule has 156 valence electrons. The Morgan fingerprint density at radius 2 is 1.87 bits per heavy atom. The third kappa shape index (κ3) is 4.79. The third-order valence-corrected chi connectivity index (χ3v) is 5.23. The molecule has 0 spiro atoms. The summed E-state index contributed by atoms with van der Waals surface area (Å²) in [5.41, 5.74) is 2.01. The van der Waals surface area contributed by atoms with Crippen LogP contribution in [0.1, 0.15) is 24.3 Å². The van der Waals surface area contributed by atoms with Crippen LogP contribution in [0.15, 0.2) is 53.1 Å². The minimum atomic E-state index is 0.00760. The summed E-state index contributed by atoms with van der Waals surface area (Å²) in [7, 11) is 1.65. The Bertz CT molecular complexity index is 982. The number of carbonyl (C=O) groups is 1. The van der Waals surface area contributed by atoms with Crippen LogP contribution in [0.3, 0.4) is 0 Å². The number of aryl methyl sites for hydroxylation is 2. The first kappa shape index (κ1) is 19.9. The van der Waals surface area contributed by atoms with E-state index in [1.54, 1.807) is 14.0 Å². The smallest absolute Gasteiger partial charge is 0.223 e. The third-order valence-electron chi connectivity index (χ3n) is 5.23. The normalized spacial score (nSPS) is 15.9. The van der Waals surface area contributed by atoms with Crippen molar-refractivity contribution in [3.63, 3.8) is 0 Å². The molecule has 0 saturated carbocycles. The van der Waals surface area contributed by atoms with E-state index in [1.165, 1.54) is 0 Å². The summed E-state index contributed by atoms with van der Waals surface area (Å²) in [6, 6.07) is 15.5. The fraction of sp³-hybridized carbons (Fsp3) is 0.348. The first-order valence-electron chi connectivity index (χ1n) is 10.1. The van der Waals surface area contributed by atoms with Crippen LogP contribution in [-0.4, -0.2) is 47.3 Å². The summed E-state index contributed by atoms with van der Waals surface area (Å²) < 4.78 is 16.2. The monoisotopic (exact) mass is 407 g/mol. The molecule has 1 fully saturated rings. The van der Waals surface area contributed by atoms with Gasteiger partial charge in [0.2, 0.25) is 17.6 Å². The van der Waals surface area contributed by atoms with Crippen molar-refractivity contribution in [3.8, 4) is 22.9 Å². The average Bonchev–Trinajstić information content (AvgIpc) is 3.42. The van der Waals surface area contributed by atoms with Crippen molar-refractivity contribution in [2.75, 3.05) is 20.2 Å². The fourth-order valence-electron chi connectivity index (χ4n) is 3.54. The van der Waals surface area contributed by atoms with Gasteiger partial charge in [0.15, 0.2) is 0 Å². The van der Waals surface area contributed by atoms with E-state index in [2.05, 4.69) is 10.1 Å². The van der Waals surface area contributed by atoms with Gasteiger partial charge in [0.05, 0.1) is 13.7 Å². The van der Waals surface area contributed by atoms with Gasteiger partial charge in [-0.2, -0.15) is 4.98 Å². The van der Waals surface area contributed by atoms with E-state index in [1.807, 2.05) is 53.4 Å². The fourth-order valence-corrected chi connectivity index (χ4v) is 3.54. The molecule has 2 heterocycles. The van der Waals surface area contributed by atoms with E-state index in [9.17, 15) is 4.79 Å². The summed E-state index contributed by atoms with van der Waals surface area (Å²) in [6.45, 7) is 3.11. The van der Waals surface area contributed by atoms with E-state index < -0.39 is 0 Å². The maximum atomic E-state index is 12.6. The summed E-state index contributed by atoms with van der Waals surface area (Å²) >= 11 is 0. The molecule has 1 amide bonds. The molecular formula is C23H25N3O4. The van der Waals surface area contributed by atoms with Crippen LogP contribution >= 0.6 is 0 Å². The standard InChI is InChI=1S/C23H25N3O4/c1-16-24-23(25-30-16)18-6-10-20(11-7-18)29-21-13-14-26(15-21)22(27)12-5-17-3-8-19(28-2)9-4-17/h3-4,6-11,21H,5,12-15H2,1-2H3.